The van der Waals surface area contributed by atoms with Crippen molar-refractivity contribution in [1.29, 1.82) is 0 Å². The Kier molecular flexibility index (Phi) is 24.9. The normalized spacial score (nSPS) is 6.96. The molecule has 2 aromatic heterocycles. The van der Waals surface area contributed by atoms with E-state index in [9.17, 15) is 19.8 Å². The molecule has 0 spiro atoms. The Hall–Kier alpha value is -2.43. The molecule has 132 valence electrons. The van der Waals surface area contributed by atoms with Crippen LogP contribution in [-0.2, 0) is 38.4 Å². The van der Waals surface area contributed by atoms with E-state index >= 15 is 0 Å². The van der Waals surface area contributed by atoms with Crippen LogP contribution in [0.5, 0.6) is 0 Å². The molecule has 0 amide bonds. The minimum Gasteiger partial charge on any atom is -0.545 e. The molecule has 0 atom stereocenters. The van der Waals surface area contributed by atoms with E-state index in [2.05, 4.69) is 9.97 Å². The van der Waals surface area contributed by atoms with E-state index in [0.29, 0.717) is 0 Å². The number of hydrogen-bond donors (Lipinski definition) is 0. The summed E-state index contributed by atoms with van der Waals surface area (Å²) in [6.07, 6.45) is 5.63. The summed E-state index contributed by atoms with van der Waals surface area (Å²) in [6.45, 7) is 0. The van der Waals surface area contributed by atoms with Crippen molar-refractivity contribution in [3.8, 4) is 0 Å². The van der Waals surface area contributed by atoms with Crippen molar-refractivity contribution in [3.63, 3.8) is 0 Å². The van der Waals surface area contributed by atoms with E-state index < -0.39 is 11.9 Å². The molecule has 0 radical (unpaired) electrons. The van der Waals surface area contributed by atoms with Crippen LogP contribution in [0.3, 0.4) is 0 Å². The number of aromatic nitrogens is 2. The van der Waals surface area contributed by atoms with Gasteiger partial charge >= 0.3 is 16.5 Å². The predicted molar refractivity (Wildman–Crippen MR) is 76.6 cm³/mol. The Bertz CT molecular complexity index is 478. The van der Waals surface area contributed by atoms with Crippen LogP contribution in [0, 0.1) is 0 Å². The third-order valence-electron chi connectivity index (χ3n) is 1.83. The number of pyridine rings is 2. The van der Waals surface area contributed by atoms with Gasteiger partial charge in [0, 0.05) is 35.9 Å². The number of carbonyl (C=O) groups is 2. The van der Waals surface area contributed by atoms with Gasteiger partial charge in [0.2, 0.25) is 0 Å². The number of aromatic carboxylic acids is 2. The second kappa shape index (κ2) is 17.6. The smallest absolute Gasteiger partial charge is 0.545 e. The van der Waals surface area contributed by atoms with Crippen molar-refractivity contribution in [3.05, 3.63) is 60.2 Å². The fourth-order valence-corrected chi connectivity index (χ4v) is 0.976. The Balaban J connectivity index is -0.0000000771. The number of rotatable bonds is 2. The zero-order valence-electron chi connectivity index (χ0n) is 11.8. The molecule has 2 rings (SSSR count). The maximum absolute atomic E-state index is 10.1. The van der Waals surface area contributed by atoms with Gasteiger partial charge < -0.3 is 41.7 Å². The van der Waals surface area contributed by atoms with E-state index in [1.165, 1.54) is 49.1 Å². The molecule has 0 aliphatic carbocycles. The molecule has 2 heterocycles. The van der Waals surface area contributed by atoms with Gasteiger partial charge in [-0.3, -0.25) is 9.97 Å². The number of carboxylic acid groups (broad SMARTS) is 2. The van der Waals surface area contributed by atoms with Gasteiger partial charge in [-0.25, -0.2) is 0 Å². The quantitative estimate of drug-likeness (QED) is 0.366. The Morgan fingerprint density at radius 3 is 1.00 bits per heavy atom. The number of carboxylic acids is 2. The maximum Gasteiger partial charge on any atom is 2.00 e. The van der Waals surface area contributed by atoms with Crippen molar-refractivity contribution in [2.45, 2.75) is 0 Å². The van der Waals surface area contributed by atoms with E-state index in [-0.39, 0.29) is 49.5 Å². The molecule has 2 aromatic rings. The second-order valence-electron chi connectivity index (χ2n) is 3.05. The molecule has 0 aliphatic rings. The SMILES string of the molecule is O=C([O-])c1ccncc1.O=C([O-])c1ccncc1.[Ni+2].[OH3+].[OH3+].[OH3+].[OH3+]. The van der Waals surface area contributed by atoms with Gasteiger partial charge in [0.15, 0.2) is 0 Å². The summed E-state index contributed by atoms with van der Waals surface area (Å²) in [5.74, 6) is -2.34. The fourth-order valence-electron chi connectivity index (χ4n) is 0.976. The topological polar surface area (TPSA) is 238 Å². The van der Waals surface area contributed by atoms with Crippen LogP contribution in [0.25, 0.3) is 0 Å². The van der Waals surface area contributed by atoms with Gasteiger partial charge in [0.1, 0.15) is 0 Å². The summed E-state index contributed by atoms with van der Waals surface area (Å²) < 4.78 is 0. The third kappa shape index (κ3) is 13.0. The molecule has 23 heavy (non-hydrogen) atoms. The molecule has 0 saturated carbocycles. The average Bonchev–Trinajstić information content (AvgIpc) is 2.41. The summed E-state index contributed by atoms with van der Waals surface area (Å²) in [6, 6.07) is 5.54. The number of hydrogen-bond acceptors (Lipinski definition) is 6. The second-order valence-corrected chi connectivity index (χ2v) is 3.05. The first-order valence-corrected chi connectivity index (χ1v) is 4.84. The van der Waals surface area contributed by atoms with Crippen molar-refractivity contribution < 1.29 is 58.2 Å². The van der Waals surface area contributed by atoms with Gasteiger partial charge in [0.25, 0.3) is 0 Å². The molecule has 0 aromatic carbocycles. The average molecular weight is 379 g/mol. The zero-order valence-corrected chi connectivity index (χ0v) is 12.8. The molecular formula is C12H20N2NiO8+4. The van der Waals surface area contributed by atoms with Crippen molar-refractivity contribution in [1.82, 2.24) is 9.97 Å². The first kappa shape index (κ1) is 32.5. The maximum atomic E-state index is 10.1. The molecule has 0 saturated heterocycles. The molecular weight excluding hydrogens is 359 g/mol. The molecule has 0 bridgehead atoms. The van der Waals surface area contributed by atoms with Gasteiger partial charge in [-0.05, 0) is 24.3 Å². The first-order valence-electron chi connectivity index (χ1n) is 4.84. The van der Waals surface area contributed by atoms with Crippen LogP contribution < -0.4 is 10.2 Å². The third-order valence-corrected chi connectivity index (χ3v) is 1.83. The predicted octanol–water partition coefficient (Wildman–Crippen LogP) is -4.80. The van der Waals surface area contributed by atoms with Crippen LogP contribution in [0.15, 0.2) is 49.1 Å². The van der Waals surface area contributed by atoms with Crippen LogP contribution >= 0.6 is 0 Å². The molecule has 11 heteroatoms. The summed E-state index contributed by atoms with van der Waals surface area (Å²) in [5, 5.41) is 20.1. The van der Waals surface area contributed by atoms with Gasteiger partial charge in [0.05, 0.1) is 11.9 Å². The Morgan fingerprint density at radius 2 is 0.870 bits per heavy atom. The minimum atomic E-state index is -1.17. The van der Waals surface area contributed by atoms with Crippen molar-refractivity contribution in [2.75, 3.05) is 0 Å². The standard InChI is InChI=1S/2C6H5NO2.Ni.4H2O/c2*8-6(9)5-1-3-7-4-2-5;;;;;/h2*1-4H,(H,8,9);;4*1H2/q;;+2;;;;/p+2. The molecule has 0 unspecified atom stereocenters. The number of nitrogens with zero attached hydrogens (tertiary/aromatic N) is 2. The zero-order chi connectivity index (χ0) is 13.4. The molecule has 12 N–H and O–H groups in total. The number of carbonyl (C=O) groups excluding carboxylic acids is 2. The van der Waals surface area contributed by atoms with E-state index in [1.807, 2.05) is 0 Å². The summed E-state index contributed by atoms with van der Waals surface area (Å²) in [4.78, 5) is 27.4. The Labute approximate surface area is 141 Å². The van der Waals surface area contributed by atoms with Crippen molar-refractivity contribution >= 4 is 11.9 Å². The largest absolute Gasteiger partial charge is 2.00 e. The van der Waals surface area contributed by atoms with E-state index in [1.54, 1.807) is 0 Å². The molecule has 0 fully saturated rings. The van der Waals surface area contributed by atoms with Crippen LogP contribution in [0.4, 0.5) is 0 Å². The van der Waals surface area contributed by atoms with Gasteiger partial charge in [-0.1, -0.05) is 0 Å². The van der Waals surface area contributed by atoms with Gasteiger partial charge in [-0.15, -0.1) is 0 Å². The fraction of sp³-hybridized carbons (Fsp3) is 0. The van der Waals surface area contributed by atoms with Crippen LogP contribution in [-0.4, -0.2) is 21.9 Å². The van der Waals surface area contributed by atoms with Crippen LogP contribution in [0.2, 0.25) is 0 Å². The van der Waals surface area contributed by atoms with Gasteiger partial charge in [-0.2, -0.15) is 0 Å². The summed E-state index contributed by atoms with van der Waals surface area (Å²) >= 11 is 0. The summed E-state index contributed by atoms with van der Waals surface area (Å²) in [5.41, 5.74) is 0.315. The van der Waals surface area contributed by atoms with Crippen molar-refractivity contribution in [2.24, 2.45) is 0 Å². The van der Waals surface area contributed by atoms with E-state index in [4.69, 9.17) is 0 Å². The van der Waals surface area contributed by atoms with Crippen LogP contribution in [0.1, 0.15) is 20.7 Å². The van der Waals surface area contributed by atoms with E-state index in [0.717, 1.165) is 0 Å². The minimum absolute atomic E-state index is 0. The molecule has 0 aliphatic heterocycles. The first-order chi connectivity index (χ1) is 8.61. The monoisotopic (exact) mass is 378 g/mol. The molecule has 10 nitrogen and oxygen atoms in total. The Morgan fingerprint density at radius 1 is 0.652 bits per heavy atom. The summed E-state index contributed by atoms with van der Waals surface area (Å²) in [7, 11) is 0.